The van der Waals surface area contributed by atoms with E-state index in [2.05, 4.69) is 15.9 Å². The van der Waals surface area contributed by atoms with Crippen LogP contribution in [-0.4, -0.2) is 7.11 Å². The van der Waals surface area contributed by atoms with E-state index < -0.39 is 0 Å². The Bertz CT molecular complexity index is 677. The number of ether oxygens (including phenoxy) is 2. The normalized spacial score (nSPS) is 20.6. The third kappa shape index (κ3) is 2.89. The first-order valence-corrected chi connectivity index (χ1v) is 7.80. The average Bonchev–Trinajstić information content (AvgIpc) is 2.47. The van der Waals surface area contributed by atoms with E-state index in [4.69, 9.17) is 26.8 Å². The second-order valence-electron chi connectivity index (χ2n) is 5.02. The summed E-state index contributed by atoms with van der Waals surface area (Å²) in [5.74, 6) is 1.60. The van der Waals surface area contributed by atoms with Gasteiger partial charge in [0, 0.05) is 33.1 Å². The first kappa shape index (κ1) is 14.7. The van der Waals surface area contributed by atoms with Crippen LogP contribution in [0.1, 0.15) is 29.7 Å². The molecular weight excluding hydrogens is 354 g/mol. The fourth-order valence-electron chi connectivity index (χ4n) is 2.56. The van der Waals surface area contributed by atoms with Crippen LogP contribution in [0.2, 0.25) is 5.02 Å². The summed E-state index contributed by atoms with van der Waals surface area (Å²) in [5.41, 5.74) is 8.33. The van der Waals surface area contributed by atoms with Crippen LogP contribution in [0.4, 0.5) is 0 Å². The summed E-state index contributed by atoms with van der Waals surface area (Å²) in [6, 6.07) is 11.3. The smallest absolute Gasteiger partial charge is 0.127 e. The Morgan fingerprint density at radius 1 is 1.24 bits per heavy atom. The molecule has 0 aromatic heterocycles. The molecule has 0 saturated heterocycles. The number of rotatable bonds is 2. The van der Waals surface area contributed by atoms with E-state index in [1.807, 2.05) is 36.4 Å². The van der Waals surface area contributed by atoms with Crippen molar-refractivity contribution >= 4 is 27.5 Å². The summed E-state index contributed by atoms with van der Waals surface area (Å²) in [6.45, 7) is 0. The van der Waals surface area contributed by atoms with Crippen molar-refractivity contribution in [3.63, 3.8) is 0 Å². The maximum Gasteiger partial charge on any atom is 0.127 e. The van der Waals surface area contributed by atoms with Crippen molar-refractivity contribution in [1.82, 2.24) is 0 Å². The van der Waals surface area contributed by atoms with E-state index >= 15 is 0 Å². The molecule has 1 aliphatic heterocycles. The molecule has 0 spiro atoms. The second-order valence-corrected chi connectivity index (χ2v) is 6.31. The van der Waals surface area contributed by atoms with Gasteiger partial charge in [-0.1, -0.05) is 33.6 Å². The van der Waals surface area contributed by atoms with Gasteiger partial charge in [-0.2, -0.15) is 0 Å². The lowest BCUT2D eigenvalue weighted by atomic mass is 9.93. The summed E-state index contributed by atoms with van der Waals surface area (Å²) in [5, 5.41) is 0.691. The maximum atomic E-state index is 6.30. The number of nitrogens with two attached hydrogens (primary N) is 1. The molecule has 0 aliphatic carbocycles. The molecule has 5 heteroatoms. The van der Waals surface area contributed by atoms with Gasteiger partial charge in [-0.05, 0) is 30.3 Å². The number of methoxy groups -OCH3 is 1. The van der Waals surface area contributed by atoms with Gasteiger partial charge < -0.3 is 15.2 Å². The second kappa shape index (κ2) is 5.87. The molecule has 110 valence electrons. The van der Waals surface area contributed by atoms with E-state index in [0.29, 0.717) is 11.4 Å². The zero-order valence-corrected chi connectivity index (χ0v) is 13.8. The molecule has 1 heterocycles. The van der Waals surface area contributed by atoms with E-state index in [1.54, 1.807) is 7.11 Å². The van der Waals surface area contributed by atoms with Crippen LogP contribution in [0.3, 0.4) is 0 Å². The minimum absolute atomic E-state index is 0.0866. The van der Waals surface area contributed by atoms with Gasteiger partial charge in [-0.25, -0.2) is 0 Å². The Labute approximate surface area is 137 Å². The van der Waals surface area contributed by atoms with Gasteiger partial charge in [-0.3, -0.25) is 0 Å². The first-order chi connectivity index (χ1) is 10.1. The third-order valence-corrected chi connectivity index (χ3v) is 4.58. The van der Waals surface area contributed by atoms with Crippen LogP contribution in [0, 0.1) is 0 Å². The summed E-state index contributed by atoms with van der Waals surface area (Å²) in [7, 11) is 1.64. The molecular formula is C16H15BrClNO2. The predicted molar refractivity (Wildman–Crippen MR) is 87.1 cm³/mol. The van der Waals surface area contributed by atoms with Crippen LogP contribution in [0.15, 0.2) is 40.9 Å². The molecule has 2 aromatic rings. The van der Waals surface area contributed by atoms with E-state index in [9.17, 15) is 0 Å². The van der Waals surface area contributed by atoms with Crippen LogP contribution in [0.25, 0.3) is 0 Å². The summed E-state index contributed by atoms with van der Waals surface area (Å²) in [6.07, 6.45) is 0.618. The molecule has 3 nitrogen and oxygen atoms in total. The SMILES string of the molecule is COc1ccc2c(c1)C(N)CC(c1ccc(Cl)cc1Br)O2. The maximum absolute atomic E-state index is 6.30. The standard InChI is InChI=1S/C16H15BrClNO2/c1-20-10-3-5-15-12(7-10)14(19)8-16(21-15)11-4-2-9(18)6-13(11)17/h2-7,14,16H,8,19H2,1H3. The quantitative estimate of drug-likeness (QED) is 0.840. The van der Waals surface area contributed by atoms with Gasteiger partial charge in [-0.15, -0.1) is 0 Å². The van der Waals surface area contributed by atoms with Crippen molar-refractivity contribution in [2.45, 2.75) is 18.6 Å². The lowest BCUT2D eigenvalue weighted by Gasteiger charge is -2.31. The Morgan fingerprint density at radius 3 is 2.76 bits per heavy atom. The summed E-state index contributed by atoms with van der Waals surface area (Å²) in [4.78, 5) is 0. The monoisotopic (exact) mass is 367 g/mol. The fourth-order valence-corrected chi connectivity index (χ4v) is 3.50. The Kier molecular flexibility index (Phi) is 4.11. The van der Waals surface area contributed by atoms with Gasteiger partial charge in [0.2, 0.25) is 0 Å². The predicted octanol–water partition coefficient (Wildman–Crippen LogP) is 4.63. The molecule has 0 fully saturated rings. The first-order valence-electron chi connectivity index (χ1n) is 6.63. The highest BCUT2D eigenvalue weighted by molar-refractivity contribution is 9.10. The number of hydrogen-bond donors (Lipinski definition) is 1. The van der Waals surface area contributed by atoms with E-state index in [1.165, 1.54) is 0 Å². The highest BCUT2D eigenvalue weighted by Crippen LogP contribution is 2.43. The lowest BCUT2D eigenvalue weighted by molar-refractivity contribution is 0.160. The summed E-state index contributed by atoms with van der Waals surface area (Å²) >= 11 is 9.53. The van der Waals surface area contributed by atoms with E-state index in [-0.39, 0.29) is 12.1 Å². The lowest BCUT2D eigenvalue weighted by Crippen LogP contribution is -2.24. The number of hydrogen-bond acceptors (Lipinski definition) is 3. The molecule has 2 unspecified atom stereocenters. The van der Waals surface area contributed by atoms with Crippen molar-refractivity contribution in [2.24, 2.45) is 5.73 Å². The summed E-state index contributed by atoms with van der Waals surface area (Å²) < 4.78 is 12.3. The molecule has 2 N–H and O–H groups in total. The Balaban J connectivity index is 1.94. The Morgan fingerprint density at radius 2 is 2.05 bits per heavy atom. The molecule has 3 rings (SSSR count). The van der Waals surface area contributed by atoms with Crippen LogP contribution < -0.4 is 15.2 Å². The van der Waals surface area contributed by atoms with Gasteiger partial charge in [0.1, 0.15) is 17.6 Å². The molecule has 2 aromatic carbocycles. The Hall–Kier alpha value is -1.23. The minimum Gasteiger partial charge on any atom is -0.497 e. The van der Waals surface area contributed by atoms with Gasteiger partial charge >= 0.3 is 0 Å². The van der Waals surface area contributed by atoms with Gasteiger partial charge in [0.25, 0.3) is 0 Å². The highest BCUT2D eigenvalue weighted by Gasteiger charge is 2.28. The molecule has 0 amide bonds. The number of fused-ring (bicyclic) bond motifs is 1. The van der Waals surface area contributed by atoms with Crippen LogP contribution in [-0.2, 0) is 0 Å². The van der Waals surface area contributed by atoms with E-state index in [0.717, 1.165) is 27.1 Å². The van der Waals surface area contributed by atoms with Crippen molar-refractivity contribution in [3.05, 3.63) is 57.0 Å². The van der Waals surface area contributed by atoms with Crippen molar-refractivity contribution in [3.8, 4) is 11.5 Å². The number of halogens is 2. The average molecular weight is 369 g/mol. The topological polar surface area (TPSA) is 44.5 Å². The minimum atomic E-state index is -0.0902. The van der Waals surface area contributed by atoms with Crippen molar-refractivity contribution < 1.29 is 9.47 Å². The highest BCUT2D eigenvalue weighted by atomic mass is 79.9. The molecule has 1 aliphatic rings. The largest absolute Gasteiger partial charge is 0.497 e. The van der Waals surface area contributed by atoms with Crippen LogP contribution >= 0.6 is 27.5 Å². The molecule has 21 heavy (non-hydrogen) atoms. The molecule has 0 bridgehead atoms. The zero-order valence-electron chi connectivity index (χ0n) is 11.5. The van der Waals surface area contributed by atoms with Crippen molar-refractivity contribution in [2.75, 3.05) is 7.11 Å². The molecule has 0 saturated carbocycles. The van der Waals surface area contributed by atoms with Gasteiger partial charge in [0.05, 0.1) is 7.11 Å². The zero-order chi connectivity index (χ0) is 15.0. The van der Waals surface area contributed by atoms with Crippen molar-refractivity contribution in [1.29, 1.82) is 0 Å². The van der Waals surface area contributed by atoms with Gasteiger partial charge in [0.15, 0.2) is 0 Å². The third-order valence-electron chi connectivity index (χ3n) is 3.66. The molecule has 0 radical (unpaired) electrons. The number of benzene rings is 2. The fraction of sp³-hybridized carbons (Fsp3) is 0.250. The molecule has 2 atom stereocenters. The van der Waals surface area contributed by atoms with Crippen LogP contribution in [0.5, 0.6) is 11.5 Å².